The molecule has 3 rings (SSSR count). The summed E-state index contributed by atoms with van der Waals surface area (Å²) in [5.41, 5.74) is 7.73. The molecule has 0 amide bonds. The number of pyridine rings is 1. The highest BCUT2D eigenvalue weighted by Crippen LogP contribution is 2.43. The van der Waals surface area contributed by atoms with Crippen molar-refractivity contribution in [2.75, 3.05) is 20.8 Å². The number of nitrogens with zero attached hydrogens (tertiary/aromatic N) is 2. The van der Waals surface area contributed by atoms with Crippen molar-refractivity contribution in [1.82, 2.24) is 4.57 Å². The summed E-state index contributed by atoms with van der Waals surface area (Å²) < 4.78 is 17.8. The first-order valence-electron chi connectivity index (χ1n) is 8.47. The van der Waals surface area contributed by atoms with Gasteiger partial charge in [-0.3, -0.25) is 4.79 Å². The Labute approximate surface area is 157 Å². The van der Waals surface area contributed by atoms with Crippen LogP contribution in [0.25, 0.3) is 0 Å². The van der Waals surface area contributed by atoms with E-state index in [2.05, 4.69) is 6.07 Å². The Balaban J connectivity index is 2.31. The van der Waals surface area contributed by atoms with Crippen molar-refractivity contribution in [2.24, 2.45) is 5.73 Å². The van der Waals surface area contributed by atoms with Crippen molar-refractivity contribution in [3.05, 3.63) is 69.0 Å². The lowest BCUT2D eigenvalue weighted by molar-refractivity contribution is 0.185. The normalized spacial score (nSPS) is 15.7. The van der Waals surface area contributed by atoms with Gasteiger partial charge in [-0.15, -0.1) is 0 Å². The number of nitrogens with two attached hydrogens (primary N) is 1. The van der Waals surface area contributed by atoms with Crippen LogP contribution in [0.15, 0.2) is 46.6 Å². The standard InChI is InChI=1S/C20H21N3O4/c1-12-10-16-18(20(24)23(12)8-9-25-2)17(14(11-21)19(22)27-16)13-6-4-5-7-15(13)26-3/h4-7,10,17H,8-9,22H2,1-3H3/t17-/m1/s1. The summed E-state index contributed by atoms with van der Waals surface area (Å²) in [6.07, 6.45) is 0. The molecule has 140 valence electrons. The number of allylic oxidation sites excluding steroid dienone is 1. The second-order valence-electron chi connectivity index (χ2n) is 6.18. The number of hydrogen-bond donors (Lipinski definition) is 1. The molecule has 0 saturated heterocycles. The van der Waals surface area contributed by atoms with Gasteiger partial charge < -0.3 is 24.5 Å². The van der Waals surface area contributed by atoms with Gasteiger partial charge in [0, 0.05) is 31.0 Å². The van der Waals surface area contributed by atoms with Gasteiger partial charge >= 0.3 is 0 Å². The quantitative estimate of drug-likeness (QED) is 0.868. The minimum Gasteiger partial charge on any atom is -0.496 e. The summed E-state index contributed by atoms with van der Waals surface area (Å²) in [6, 6.07) is 11.1. The van der Waals surface area contributed by atoms with Crippen LogP contribution >= 0.6 is 0 Å². The van der Waals surface area contributed by atoms with Gasteiger partial charge in [-0.25, -0.2) is 0 Å². The van der Waals surface area contributed by atoms with E-state index in [1.165, 1.54) is 0 Å². The second kappa shape index (κ2) is 7.56. The molecule has 2 N–H and O–H groups in total. The summed E-state index contributed by atoms with van der Waals surface area (Å²) >= 11 is 0. The van der Waals surface area contributed by atoms with E-state index in [0.717, 1.165) is 5.69 Å². The Bertz CT molecular complexity index is 1000. The molecular formula is C20H21N3O4. The highest BCUT2D eigenvalue weighted by molar-refractivity contribution is 5.58. The molecule has 2 heterocycles. The molecule has 0 spiro atoms. The van der Waals surface area contributed by atoms with E-state index in [-0.39, 0.29) is 17.0 Å². The molecule has 7 heteroatoms. The van der Waals surface area contributed by atoms with Gasteiger partial charge in [-0.05, 0) is 13.0 Å². The molecular weight excluding hydrogens is 346 g/mol. The number of ether oxygens (including phenoxy) is 3. The first-order chi connectivity index (χ1) is 13.0. The van der Waals surface area contributed by atoms with Crippen LogP contribution in [0.2, 0.25) is 0 Å². The van der Waals surface area contributed by atoms with Gasteiger partial charge in [-0.2, -0.15) is 5.26 Å². The topological polar surface area (TPSA) is 99.5 Å². The van der Waals surface area contributed by atoms with Gasteiger partial charge in [0.15, 0.2) is 0 Å². The average Bonchev–Trinajstić information content (AvgIpc) is 2.66. The highest BCUT2D eigenvalue weighted by atomic mass is 16.5. The van der Waals surface area contributed by atoms with Crippen LogP contribution in [0.3, 0.4) is 0 Å². The van der Waals surface area contributed by atoms with Crippen molar-refractivity contribution < 1.29 is 14.2 Å². The zero-order valence-electron chi connectivity index (χ0n) is 15.5. The predicted octanol–water partition coefficient (Wildman–Crippen LogP) is 2.03. The summed E-state index contributed by atoms with van der Waals surface area (Å²) in [5, 5.41) is 9.70. The third kappa shape index (κ3) is 3.15. The van der Waals surface area contributed by atoms with Crippen molar-refractivity contribution in [1.29, 1.82) is 5.26 Å². The molecule has 1 atom stereocenters. The molecule has 27 heavy (non-hydrogen) atoms. The maximum absolute atomic E-state index is 13.3. The number of hydrogen-bond acceptors (Lipinski definition) is 6. The smallest absolute Gasteiger partial charge is 0.258 e. The largest absolute Gasteiger partial charge is 0.496 e. The molecule has 7 nitrogen and oxygen atoms in total. The van der Waals surface area contributed by atoms with E-state index < -0.39 is 5.92 Å². The van der Waals surface area contributed by atoms with Crippen LogP contribution in [-0.4, -0.2) is 25.4 Å². The molecule has 0 unspecified atom stereocenters. The fraction of sp³-hybridized carbons (Fsp3) is 0.300. The molecule has 1 aliphatic heterocycles. The van der Waals surface area contributed by atoms with E-state index in [1.54, 1.807) is 30.9 Å². The van der Waals surface area contributed by atoms with Crippen molar-refractivity contribution in [2.45, 2.75) is 19.4 Å². The molecule has 1 aromatic heterocycles. The van der Waals surface area contributed by atoms with E-state index >= 15 is 0 Å². The van der Waals surface area contributed by atoms with E-state index in [0.29, 0.717) is 35.8 Å². The number of nitriles is 1. The molecule has 1 aromatic carbocycles. The number of para-hydroxylation sites is 1. The van der Waals surface area contributed by atoms with Gasteiger partial charge in [0.1, 0.15) is 23.1 Å². The second-order valence-corrected chi connectivity index (χ2v) is 6.18. The SMILES string of the molecule is COCCn1c(C)cc2c(c1=O)[C@H](c1ccccc1OC)C(C#N)=C(N)O2. The lowest BCUT2D eigenvalue weighted by Crippen LogP contribution is -2.33. The summed E-state index contributed by atoms with van der Waals surface area (Å²) in [6.45, 7) is 2.61. The van der Waals surface area contributed by atoms with Crippen LogP contribution in [0, 0.1) is 18.3 Å². The van der Waals surface area contributed by atoms with E-state index in [9.17, 15) is 10.1 Å². The van der Waals surface area contributed by atoms with Crippen LogP contribution in [0.1, 0.15) is 22.7 Å². The summed E-state index contributed by atoms with van der Waals surface area (Å²) in [7, 11) is 3.13. The fourth-order valence-corrected chi connectivity index (χ4v) is 3.36. The summed E-state index contributed by atoms with van der Waals surface area (Å²) in [4.78, 5) is 13.3. The number of methoxy groups -OCH3 is 2. The highest BCUT2D eigenvalue weighted by Gasteiger charge is 2.35. The maximum atomic E-state index is 13.3. The third-order valence-corrected chi connectivity index (χ3v) is 4.66. The van der Waals surface area contributed by atoms with E-state index in [1.807, 2.05) is 25.1 Å². The molecule has 0 radical (unpaired) electrons. The maximum Gasteiger partial charge on any atom is 0.258 e. The number of fused-ring (bicyclic) bond motifs is 1. The Morgan fingerprint density at radius 1 is 1.33 bits per heavy atom. The number of aromatic nitrogens is 1. The van der Waals surface area contributed by atoms with Crippen LogP contribution in [0.5, 0.6) is 11.5 Å². The van der Waals surface area contributed by atoms with Crippen LogP contribution in [0.4, 0.5) is 0 Å². The first-order valence-corrected chi connectivity index (χ1v) is 8.47. The minimum absolute atomic E-state index is 0.00523. The number of benzene rings is 1. The zero-order chi connectivity index (χ0) is 19.6. The van der Waals surface area contributed by atoms with E-state index in [4.69, 9.17) is 19.9 Å². The van der Waals surface area contributed by atoms with Crippen molar-refractivity contribution in [3.8, 4) is 17.6 Å². The predicted molar refractivity (Wildman–Crippen MR) is 99.6 cm³/mol. The number of aryl methyl sites for hydroxylation is 1. The van der Waals surface area contributed by atoms with Crippen molar-refractivity contribution in [3.63, 3.8) is 0 Å². The minimum atomic E-state index is -0.670. The Morgan fingerprint density at radius 3 is 2.74 bits per heavy atom. The zero-order valence-corrected chi connectivity index (χ0v) is 15.5. The van der Waals surface area contributed by atoms with Crippen LogP contribution in [-0.2, 0) is 11.3 Å². The lowest BCUT2D eigenvalue weighted by Gasteiger charge is -2.28. The van der Waals surface area contributed by atoms with Gasteiger partial charge in [0.05, 0.1) is 25.2 Å². The Kier molecular flexibility index (Phi) is 5.19. The average molecular weight is 367 g/mol. The Morgan fingerprint density at radius 2 is 2.07 bits per heavy atom. The molecule has 0 bridgehead atoms. The fourth-order valence-electron chi connectivity index (χ4n) is 3.36. The first kappa shape index (κ1) is 18.5. The molecule has 1 aliphatic rings. The molecule has 0 fully saturated rings. The van der Waals surface area contributed by atoms with Crippen LogP contribution < -0.4 is 20.8 Å². The van der Waals surface area contributed by atoms with Gasteiger partial charge in [0.2, 0.25) is 5.88 Å². The van der Waals surface area contributed by atoms with Crippen molar-refractivity contribution >= 4 is 0 Å². The molecule has 0 aliphatic carbocycles. The lowest BCUT2D eigenvalue weighted by atomic mass is 9.83. The molecule has 0 saturated carbocycles. The summed E-state index contributed by atoms with van der Waals surface area (Å²) in [5.74, 6) is 0.254. The number of rotatable bonds is 5. The molecule has 2 aromatic rings. The monoisotopic (exact) mass is 367 g/mol. The Hall–Kier alpha value is -3.24. The third-order valence-electron chi connectivity index (χ3n) is 4.66. The van der Waals surface area contributed by atoms with Gasteiger partial charge in [-0.1, -0.05) is 18.2 Å². The van der Waals surface area contributed by atoms with Gasteiger partial charge in [0.25, 0.3) is 5.56 Å².